The minimum atomic E-state index is -3.53. The van der Waals surface area contributed by atoms with Crippen molar-refractivity contribution in [1.82, 2.24) is 14.7 Å². The first-order valence-corrected chi connectivity index (χ1v) is 7.67. The lowest BCUT2D eigenvalue weighted by molar-refractivity contribution is 0.252. The van der Waals surface area contributed by atoms with Crippen LogP contribution in [0.4, 0.5) is 0 Å². The molecule has 0 radical (unpaired) electrons. The molecule has 0 aliphatic heterocycles. The van der Waals surface area contributed by atoms with Crippen molar-refractivity contribution in [1.29, 1.82) is 0 Å². The van der Waals surface area contributed by atoms with Gasteiger partial charge in [0.2, 0.25) is 0 Å². The fraction of sp³-hybridized carbons (Fsp3) is 0.700. The Morgan fingerprint density at radius 1 is 1.59 bits per heavy atom. The lowest BCUT2D eigenvalue weighted by atomic mass is 9.79. The standard InChI is InChI=1S/C10H16ClN3O2S/c1-2-8-12-6-9(13-8)17(15,16)14-10(7-11)4-3-5-10/h6,14H,2-5,7H2,1H3,(H,12,13). The number of aryl methyl sites for hydroxylation is 1. The summed E-state index contributed by atoms with van der Waals surface area (Å²) in [7, 11) is -3.53. The number of sulfonamides is 1. The van der Waals surface area contributed by atoms with Gasteiger partial charge in [0.15, 0.2) is 5.03 Å². The third-order valence-corrected chi connectivity index (χ3v) is 5.15. The molecule has 0 bridgehead atoms. The van der Waals surface area contributed by atoms with E-state index >= 15 is 0 Å². The van der Waals surface area contributed by atoms with E-state index in [0.717, 1.165) is 19.3 Å². The van der Waals surface area contributed by atoms with Gasteiger partial charge in [0.05, 0.1) is 6.20 Å². The van der Waals surface area contributed by atoms with Gasteiger partial charge in [0, 0.05) is 17.8 Å². The fourth-order valence-corrected chi connectivity index (χ4v) is 3.68. The number of hydrogen-bond donors (Lipinski definition) is 2. The molecular formula is C10H16ClN3O2S. The number of aromatic nitrogens is 2. The lowest BCUT2D eigenvalue weighted by Gasteiger charge is -2.40. The molecule has 0 saturated heterocycles. The summed E-state index contributed by atoms with van der Waals surface area (Å²) in [4.78, 5) is 6.79. The molecule has 1 saturated carbocycles. The molecule has 1 aliphatic rings. The smallest absolute Gasteiger partial charge is 0.258 e. The van der Waals surface area contributed by atoms with Crippen molar-refractivity contribution >= 4 is 21.6 Å². The van der Waals surface area contributed by atoms with Crippen LogP contribution in [-0.2, 0) is 16.4 Å². The number of alkyl halides is 1. The van der Waals surface area contributed by atoms with Crippen LogP contribution in [0, 0.1) is 0 Å². The van der Waals surface area contributed by atoms with E-state index < -0.39 is 15.6 Å². The Bertz CT molecular complexity index is 488. The zero-order valence-electron chi connectivity index (χ0n) is 9.66. The molecule has 1 fully saturated rings. The molecule has 0 spiro atoms. The van der Waals surface area contributed by atoms with Crippen LogP contribution in [0.15, 0.2) is 11.2 Å². The van der Waals surface area contributed by atoms with Crippen LogP contribution in [0.1, 0.15) is 32.0 Å². The third-order valence-electron chi connectivity index (χ3n) is 3.15. The maximum Gasteiger partial charge on any atom is 0.258 e. The molecular weight excluding hydrogens is 262 g/mol. The number of rotatable bonds is 5. The highest BCUT2D eigenvalue weighted by Gasteiger charge is 2.40. The van der Waals surface area contributed by atoms with E-state index in [9.17, 15) is 8.42 Å². The second-order valence-electron chi connectivity index (χ2n) is 4.42. The largest absolute Gasteiger partial charge is 0.332 e. The quantitative estimate of drug-likeness (QED) is 0.799. The highest BCUT2D eigenvalue weighted by molar-refractivity contribution is 7.89. The normalized spacial score (nSPS) is 18.9. The summed E-state index contributed by atoms with van der Waals surface area (Å²) in [6.07, 6.45) is 4.63. The second kappa shape index (κ2) is 4.59. The third kappa shape index (κ3) is 2.48. The summed E-state index contributed by atoms with van der Waals surface area (Å²) < 4.78 is 26.9. The van der Waals surface area contributed by atoms with E-state index in [0.29, 0.717) is 18.1 Å². The van der Waals surface area contributed by atoms with Crippen LogP contribution in [0.3, 0.4) is 0 Å². The van der Waals surface area contributed by atoms with Gasteiger partial charge in [-0.05, 0) is 19.3 Å². The molecule has 96 valence electrons. The minimum Gasteiger partial charge on any atom is -0.332 e. The van der Waals surface area contributed by atoms with Crippen molar-refractivity contribution in [2.75, 3.05) is 5.88 Å². The van der Waals surface area contributed by atoms with Gasteiger partial charge in [-0.25, -0.2) is 18.1 Å². The van der Waals surface area contributed by atoms with Gasteiger partial charge in [-0.3, -0.25) is 0 Å². The van der Waals surface area contributed by atoms with Gasteiger partial charge in [-0.2, -0.15) is 0 Å². The van der Waals surface area contributed by atoms with E-state index in [2.05, 4.69) is 14.7 Å². The Hall–Kier alpha value is -0.590. The highest BCUT2D eigenvalue weighted by Crippen LogP contribution is 2.34. The van der Waals surface area contributed by atoms with Gasteiger partial charge in [-0.15, -0.1) is 11.6 Å². The Morgan fingerprint density at radius 2 is 2.29 bits per heavy atom. The van der Waals surface area contributed by atoms with Crippen molar-refractivity contribution in [3.05, 3.63) is 12.0 Å². The first-order valence-electron chi connectivity index (χ1n) is 5.65. The van der Waals surface area contributed by atoms with Crippen LogP contribution in [0.2, 0.25) is 0 Å². The van der Waals surface area contributed by atoms with Crippen molar-refractivity contribution < 1.29 is 8.42 Å². The average molecular weight is 278 g/mol. The molecule has 0 aromatic carbocycles. The van der Waals surface area contributed by atoms with Crippen molar-refractivity contribution in [3.63, 3.8) is 0 Å². The van der Waals surface area contributed by atoms with E-state index in [4.69, 9.17) is 11.6 Å². The number of aromatic amines is 1. The van der Waals surface area contributed by atoms with E-state index in [1.54, 1.807) is 0 Å². The summed E-state index contributed by atoms with van der Waals surface area (Å²) in [5.74, 6) is 0.972. The van der Waals surface area contributed by atoms with Gasteiger partial charge in [0.25, 0.3) is 10.0 Å². The van der Waals surface area contributed by atoms with Gasteiger partial charge in [0.1, 0.15) is 5.82 Å². The molecule has 5 nitrogen and oxygen atoms in total. The van der Waals surface area contributed by atoms with Crippen LogP contribution in [0.5, 0.6) is 0 Å². The van der Waals surface area contributed by atoms with E-state index in [1.165, 1.54) is 6.20 Å². The van der Waals surface area contributed by atoms with Crippen LogP contribution >= 0.6 is 11.6 Å². The van der Waals surface area contributed by atoms with E-state index in [-0.39, 0.29) is 5.03 Å². The predicted molar refractivity (Wildman–Crippen MR) is 65.6 cm³/mol. The number of nitrogens with one attached hydrogen (secondary N) is 2. The first-order chi connectivity index (χ1) is 8.01. The number of halogens is 1. The Morgan fingerprint density at radius 3 is 2.71 bits per heavy atom. The maximum absolute atomic E-state index is 12.1. The van der Waals surface area contributed by atoms with Crippen molar-refractivity contribution in [2.24, 2.45) is 0 Å². The van der Waals surface area contributed by atoms with Gasteiger partial charge >= 0.3 is 0 Å². The Labute approximate surface area is 106 Å². The zero-order chi connectivity index (χ0) is 12.5. The molecule has 0 unspecified atom stereocenters. The summed E-state index contributed by atoms with van der Waals surface area (Å²) in [6.45, 7) is 1.91. The number of imidazole rings is 1. The summed E-state index contributed by atoms with van der Waals surface area (Å²) in [5.41, 5.74) is -0.460. The first kappa shape index (κ1) is 12.9. The Balaban J connectivity index is 2.18. The molecule has 1 aromatic rings. The van der Waals surface area contributed by atoms with E-state index in [1.807, 2.05) is 6.92 Å². The number of nitrogens with zero attached hydrogens (tertiary/aromatic N) is 1. The summed E-state index contributed by atoms with van der Waals surface area (Å²) in [6, 6.07) is 0. The van der Waals surface area contributed by atoms with Crippen LogP contribution in [0.25, 0.3) is 0 Å². The fourth-order valence-electron chi connectivity index (χ4n) is 1.87. The highest BCUT2D eigenvalue weighted by atomic mass is 35.5. The molecule has 0 amide bonds. The van der Waals surface area contributed by atoms with Crippen LogP contribution < -0.4 is 4.72 Å². The molecule has 2 N–H and O–H groups in total. The van der Waals surface area contributed by atoms with Gasteiger partial charge < -0.3 is 4.98 Å². The topological polar surface area (TPSA) is 74.8 Å². The van der Waals surface area contributed by atoms with Crippen molar-refractivity contribution in [3.8, 4) is 0 Å². The second-order valence-corrected chi connectivity index (χ2v) is 6.34. The molecule has 1 aliphatic carbocycles. The summed E-state index contributed by atoms with van der Waals surface area (Å²) >= 11 is 5.83. The number of hydrogen-bond acceptors (Lipinski definition) is 3. The van der Waals surface area contributed by atoms with Crippen molar-refractivity contribution in [2.45, 2.75) is 43.2 Å². The Kier molecular flexibility index (Phi) is 3.47. The molecule has 2 rings (SSSR count). The maximum atomic E-state index is 12.1. The number of H-pyrrole nitrogens is 1. The SMILES string of the molecule is CCc1ncc(S(=O)(=O)NC2(CCl)CCC2)[nH]1. The molecule has 0 atom stereocenters. The van der Waals surface area contributed by atoms with Gasteiger partial charge in [-0.1, -0.05) is 6.92 Å². The molecule has 1 aromatic heterocycles. The average Bonchev–Trinajstić information content (AvgIpc) is 2.72. The molecule has 7 heteroatoms. The zero-order valence-corrected chi connectivity index (χ0v) is 11.2. The summed E-state index contributed by atoms with van der Waals surface area (Å²) in [5, 5.41) is 0.116. The predicted octanol–water partition coefficient (Wildman–Crippen LogP) is 1.41. The molecule has 17 heavy (non-hydrogen) atoms. The van der Waals surface area contributed by atoms with Crippen LogP contribution in [-0.4, -0.2) is 29.8 Å². The monoisotopic (exact) mass is 277 g/mol. The lowest BCUT2D eigenvalue weighted by Crippen LogP contribution is -2.54. The molecule has 1 heterocycles. The minimum absolute atomic E-state index is 0.116.